The molecule has 0 spiro atoms. The number of carbonyl (C=O) groups is 1. The van der Waals surface area contributed by atoms with Crippen molar-refractivity contribution < 1.29 is 24.1 Å². The van der Waals surface area contributed by atoms with Crippen LogP contribution in [-0.4, -0.2) is 32.4 Å². The molecule has 0 amide bonds. The number of ether oxygens (including phenoxy) is 3. The van der Waals surface area contributed by atoms with Crippen molar-refractivity contribution in [3.63, 3.8) is 0 Å². The van der Waals surface area contributed by atoms with E-state index >= 15 is 0 Å². The second-order valence-corrected chi connectivity index (χ2v) is 3.90. The van der Waals surface area contributed by atoms with Crippen LogP contribution in [-0.2, 0) is 9.53 Å². The molecular weight excluding hydrogens is 272 g/mol. The number of phenolic OH excluding ortho intramolecular Hbond substituents is 1. The Morgan fingerprint density at radius 2 is 1.57 bits per heavy atom. The maximum atomic E-state index is 10.8. The van der Waals surface area contributed by atoms with Crippen molar-refractivity contribution in [3.05, 3.63) is 48.1 Å². The van der Waals surface area contributed by atoms with Gasteiger partial charge in [-0.05, 0) is 17.7 Å². The minimum Gasteiger partial charge on any atom is -0.502 e. The van der Waals surface area contributed by atoms with Gasteiger partial charge in [-0.3, -0.25) is 0 Å². The van der Waals surface area contributed by atoms with Gasteiger partial charge in [0.1, 0.15) is 0 Å². The molecule has 1 aromatic carbocycles. The van der Waals surface area contributed by atoms with Gasteiger partial charge < -0.3 is 19.3 Å². The number of methoxy groups -OCH3 is 3. The molecule has 5 heteroatoms. The highest BCUT2D eigenvalue weighted by Crippen LogP contribution is 2.37. The first kappa shape index (κ1) is 16.4. The molecule has 0 saturated heterocycles. The van der Waals surface area contributed by atoms with Crippen LogP contribution in [0.25, 0.3) is 6.08 Å². The number of allylic oxidation sites excluding steroid dienone is 4. The van der Waals surface area contributed by atoms with Crippen molar-refractivity contribution in [3.8, 4) is 17.2 Å². The van der Waals surface area contributed by atoms with Crippen molar-refractivity contribution >= 4 is 12.0 Å². The number of esters is 1. The first-order chi connectivity index (χ1) is 10.1. The third-order valence-electron chi connectivity index (χ3n) is 2.56. The van der Waals surface area contributed by atoms with E-state index in [-0.39, 0.29) is 5.75 Å². The summed E-state index contributed by atoms with van der Waals surface area (Å²) >= 11 is 0. The van der Waals surface area contributed by atoms with Crippen LogP contribution in [0, 0.1) is 0 Å². The molecule has 1 aromatic rings. The largest absolute Gasteiger partial charge is 0.502 e. The minimum absolute atomic E-state index is 0.0336. The summed E-state index contributed by atoms with van der Waals surface area (Å²) in [6.45, 7) is 0. The summed E-state index contributed by atoms with van der Waals surface area (Å²) in [6, 6.07) is 3.37. The molecule has 0 aliphatic rings. The molecule has 5 nitrogen and oxygen atoms in total. The Kier molecular flexibility index (Phi) is 6.60. The van der Waals surface area contributed by atoms with Gasteiger partial charge in [-0.2, -0.15) is 0 Å². The van der Waals surface area contributed by atoms with Crippen molar-refractivity contribution in [1.29, 1.82) is 0 Å². The van der Waals surface area contributed by atoms with Crippen LogP contribution in [0.15, 0.2) is 42.5 Å². The summed E-state index contributed by atoms with van der Waals surface area (Å²) in [5.74, 6) is 0.234. The number of hydrogen-bond donors (Lipinski definition) is 1. The lowest BCUT2D eigenvalue weighted by molar-refractivity contribution is -0.134. The van der Waals surface area contributed by atoms with Crippen LogP contribution in [0.3, 0.4) is 0 Å². The molecule has 0 heterocycles. The molecule has 0 aliphatic carbocycles. The fourth-order valence-electron chi connectivity index (χ4n) is 1.51. The number of hydrogen-bond acceptors (Lipinski definition) is 5. The number of phenols is 1. The lowest BCUT2D eigenvalue weighted by atomic mass is 10.1. The highest BCUT2D eigenvalue weighted by atomic mass is 16.5. The summed E-state index contributed by atoms with van der Waals surface area (Å²) < 4.78 is 14.6. The highest BCUT2D eigenvalue weighted by molar-refractivity contribution is 5.82. The molecule has 0 atom stereocenters. The van der Waals surface area contributed by atoms with Gasteiger partial charge in [0.05, 0.1) is 21.3 Å². The molecule has 0 aromatic heterocycles. The van der Waals surface area contributed by atoms with E-state index in [0.29, 0.717) is 11.5 Å². The minimum atomic E-state index is -0.406. The lowest BCUT2D eigenvalue weighted by Crippen LogP contribution is -1.92. The fraction of sp³-hybridized carbons (Fsp3) is 0.188. The summed E-state index contributed by atoms with van der Waals surface area (Å²) in [7, 11) is 4.26. The van der Waals surface area contributed by atoms with Crippen LogP contribution >= 0.6 is 0 Å². The van der Waals surface area contributed by atoms with Gasteiger partial charge in [0.2, 0.25) is 5.75 Å². The van der Waals surface area contributed by atoms with Gasteiger partial charge in [0.15, 0.2) is 11.5 Å². The molecule has 0 fully saturated rings. The Morgan fingerprint density at radius 1 is 1.00 bits per heavy atom. The van der Waals surface area contributed by atoms with E-state index in [9.17, 15) is 9.90 Å². The molecule has 1 N–H and O–H groups in total. The Morgan fingerprint density at radius 3 is 2.10 bits per heavy atom. The number of carbonyl (C=O) groups excluding carboxylic acids is 1. The Labute approximate surface area is 123 Å². The average Bonchev–Trinajstić information content (AvgIpc) is 2.51. The number of rotatable bonds is 6. The maximum Gasteiger partial charge on any atom is 0.330 e. The van der Waals surface area contributed by atoms with E-state index in [1.54, 1.807) is 36.4 Å². The summed E-state index contributed by atoms with van der Waals surface area (Å²) in [5.41, 5.74) is 0.808. The van der Waals surface area contributed by atoms with E-state index < -0.39 is 5.97 Å². The Hall–Kier alpha value is -2.69. The van der Waals surface area contributed by atoms with Gasteiger partial charge in [0, 0.05) is 6.08 Å². The first-order valence-corrected chi connectivity index (χ1v) is 6.16. The van der Waals surface area contributed by atoms with E-state index in [1.165, 1.54) is 27.4 Å². The Bertz CT molecular complexity index is 545. The summed E-state index contributed by atoms with van der Waals surface area (Å²) in [6.07, 6.45) is 9.94. The highest BCUT2D eigenvalue weighted by Gasteiger charge is 2.09. The van der Waals surface area contributed by atoms with Crippen molar-refractivity contribution in [2.24, 2.45) is 0 Å². The van der Waals surface area contributed by atoms with Gasteiger partial charge >= 0.3 is 5.97 Å². The normalized spacial score (nSPS) is 11.4. The van der Waals surface area contributed by atoms with Crippen LogP contribution < -0.4 is 9.47 Å². The molecular formula is C16H18O5. The third-order valence-corrected chi connectivity index (χ3v) is 2.56. The number of aromatic hydroxyl groups is 1. The second-order valence-electron chi connectivity index (χ2n) is 3.90. The molecule has 21 heavy (non-hydrogen) atoms. The van der Waals surface area contributed by atoms with E-state index in [0.717, 1.165) is 5.56 Å². The van der Waals surface area contributed by atoms with Crippen LogP contribution in [0.2, 0.25) is 0 Å². The van der Waals surface area contributed by atoms with Crippen molar-refractivity contribution in [1.82, 2.24) is 0 Å². The molecule has 112 valence electrons. The maximum absolute atomic E-state index is 10.8. The summed E-state index contributed by atoms with van der Waals surface area (Å²) in [4.78, 5) is 10.8. The zero-order valence-corrected chi connectivity index (χ0v) is 12.2. The smallest absolute Gasteiger partial charge is 0.330 e. The van der Waals surface area contributed by atoms with Crippen molar-refractivity contribution in [2.75, 3.05) is 21.3 Å². The van der Waals surface area contributed by atoms with Gasteiger partial charge in [-0.1, -0.05) is 30.4 Å². The van der Waals surface area contributed by atoms with E-state index in [4.69, 9.17) is 9.47 Å². The van der Waals surface area contributed by atoms with Gasteiger partial charge in [0.25, 0.3) is 0 Å². The average molecular weight is 290 g/mol. The molecule has 0 unspecified atom stereocenters. The first-order valence-electron chi connectivity index (χ1n) is 6.16. The summed E-state index contributed by atoms with van der Waals surface area (Å²) in [5, 5.41) is 9.79. The zero-order valence-electron chi connectivity index (χ0n) is 12.2. The van der Waals surface area contributed by atoms with Crippen molar-refractivity contribution in [2.45, 2.75) is 0 Å². The van der Waals surface area contributed by atoms with E-state index in [2.05, 4.69) is 4.74 Å². The zero-order chi connectivity index (χ0) is 15.7. The van der Waals surface area contributed by atoms with Crippen LogP contribution in [0.4, 0.5) is 0 Å². The molecule has 0 saturated carbocycles. The third kappa shape index (κ3) is 5.06. The monoisotopic (exact) mass is 290 g/mol. The quantitative estimate of drug-likeness (QED) is 0.496. The van der Waals surface area contributed by atoms with E-state index in [1.807, 2.05) is 6.08 Å². The molecule has 1 rings (SSSR count). The SMILES string of the molecule is COC(=O)/C=C/C=C/C=C/c1cc(OC)c(O)c(OC)c1. The fourth-order valence-corrected chi connectivity index (χ4v) is 1.51. The predicted octanol–water partition coefficient (Wildman–Crippen LogP) is 2.71. The van der Waals surface area contributed by atoms with Gasteiger partial charge in [-0.15, -0.1) is 0 Å². The molecule has 0 radical (unpaired) electrons. The standard InChI is InChI=1S/C16H18O5/c1-19-13-10-12(11-14(20-2)16(13)18)8-6-4-5-7-9-15(17)21-3/h4-11,18H,1-3H3/b5-4+,8-6+,9-7+. The molecule has 0 aliphatic heterocycles. The second kappa shape index (κ2) is 8.47. The topological polar surface area (TPSA) is 65.0 Å². The molecule has 0 bridgehead atoms. The lowest BCUT2D eigenvalue weighted by Gasteiger charge is -2.09. The Balaban J connectivity index is 2.79. The van der Waals surface area contributed by atoms with Crippen LogP contribution in [0.1, 0.15) is 5.56 Å². The number of benzene rings is 1. The van der Waals surface area contributed by atoms with Gasteiger partial charge in [-0.25, -0.2) is 4.79 Å². The predicted molar refractivity (Wildman–Crippen MR) is 80.5 cm³/mol. The van der Waals surface area contributed by atoms with Crippen LogP contribution in [0.5, 0.6) is 17.2 Å².